The summed E-state index contributed by atoms with van der Waals surface area (Å²) < 4.78 is 6.88. The van der Waals surface area contributed by atoms with Crippen molar-refractivity contribution in [1.29, 1.82) is 0 Å². The molecular weight excluding hydrogens is 382 g/mol. The Morgan fingerprint density at radius 1 is 1.23 bits per heavy atom. The molecule has 1 amide bonds. The molecule has 2 atom stereocenters. The zero-order valence-electron chi connectivity index (χ0n) is 16.8. The van der Waals surface area contributed by atoms with E-state index in [-0.39, 0.29) is 22.9 Å². The minimum atomic E-state index is -0.270. The van der Waals surface area contributed by atoms with Gasteiger partial charge < -0.3 is 18.8 Å². The van der Waals surface area contributed by atoms with Crippen LogP contribution < -0.4 is 10.5 Å². The number of hydrogen-bond acceptors (Lipinski definition) is 6. The zero-order chi connectivity index (χ0) is 20.7. The summed E-state index contributed by atoms with van der Waals surface area (Å²) >= 11 is 0. The summed E-state index contributed by atoms with van der Waals surface area (Å²) in [4.78, 5) is 29.9. The van der Waals surface area contributed by atoms with Gasteiger partial charge in [0.2, 0.25) is 0 Å². The number of pyridine rings is 1. The molecule has 3 aromatic rings. The first kappa shape index (κ1) is 18.6. The second kappa shape index (κ2) is 7.44. The molecule has 2 bridgehead atoms. The topological polar surface area (TPSA) is 84.5 Å². The number of anilines is 1. The van der Waals surface area contributed by atoms with Gasteiger partial charge in [-0.3, -0.25) is 9.59 Å². The van der Waals surface area contributed by atoms with Gasteiger partial charge in [0.25, 0.3) is 11.5 Å². The number of furan rings is 1. The van der Waals surface area contributed by atoms with E-state index >= 15 is 0 Å². The van der Waals surface area contributed by atoms with Gasteiger partial charge in [-0.15, -0.1) is 5.10 Å². The van der Waals surface area contributed by atoms with Crippen LogP contribution in [0.25, 0.3) is 0 Å². The van der Waals surface area contributed by atoms with Crippen molar-refractivity contribution in [1.82, 2.24) is 19.7 Å². The Morgan fingerprint density at radius 3 is 2.90 bits per heavy atom. The number of fused-ring (bicyclic) bond motifs is 4. The summed E-state index contributed by atoms with van der Waals surface area (Å²) in [5, 5.41) is 8.23. The normalized spacial score (nSPS) is 20.0. The lowest BCUT2D eigenvalue weighted by Gasteiger charge is -2.43. The maximum Gasteiger partial charge on any atom is 0.263 e. The molecule has 8 nitrogen and oxygen atoms in total. The van der Waals surface area contributed by atoms with Crippen LogP contribution in [-0.4, -0.2) is 45.7 Å². The lowest BCUT2D eigenvalue weighted by Crippen LogP contribution is -2.48. The first-order chi connectivity index (χ1) is 14.6. The van der Waals surface area contributed by atoms with Crippen LogP contribution in [0, 0.1) is 5.92 Å². The molecule has 30 heavy (non-hydrogen) atoms. The summed E-state index contributed by atoms with van der Waals surface area (Å²) in [5.41, 5.74) is 1.91. The second-order valence-corrected chi connectivity index (χ2v) is 8.17. The van der Waals surface area contributed by atoms with Gasteiger partial charge in [-0.25, -0.2) is 0 Å². The summed E-state index contributed by atoms with van der Waals surface area (Å²) in [6.07, 6.45) is 5.90. The summed E-state index contributed by atoms with van der Waals surface area (Å²) in [5.74, 6) is 1.18. The molecule has 0 aliphatic carbocycles. The van der Waals surface area contributed by atoms with Gasteiger partial charge in [0.05, 0.1) is 12.5 Å². The summed E-state index contributed by atoms with van der Waals surface area (Å²) in [6.45, 7) is 2.64. The number of piperidine rings is 1. The summed E-state index contributed by atoms with van der Waals surface area (Å²) in [7, 11) is 1.70. The third-order valence-electron chi connectivity index (χ3n) is 6.06. The number of hydrogen-bond donors (Lipinski definition) is 0. The molecule has 0 unspecified atom stereocenters. The fourth-order valence-corrected chi connectivity index (χ4v) is 4.69. The van der Waals surface area contributed by atoms with Crippen LogP contribution in [0.3, 0.4) is 0 Å². The molecule has 5 heterocycles. The van der Waals surface area contributed by atoms with Crippen molar-refractivity contribution in [2.24, 2.45) is 5.92 Å². The standard InChI is InChI=1S/C22H23N5O3/c1-25(10-15-6-8-30-14-15)21(28)18-4-5-19-17-9-16(12-27(19)22(18)29)11-26(13-17)20-3-2-7-23-24-20/h2-8,14,16-17H,9-13H2,1H3/t16-,17+/m0/s1. The van der Waals surface area contributed by atoms with E-state index in [9.17, 15) is 9.59 Å². The van der Waals surface area contributed by atoms with Gasteiger partial charge in [-0.05, 0) is 42.7 Å². The fraction of sp³-hybridized carbons (Fsp3) is 0.364. The first-order valence-corrected chi connectivity index (χ1v) is 10.1. The van der Waals surface area contributed by atoms with E-state index in [1.807, 2.05) is 28.8 Å². The lowest BCUT2D eigenvalue weighted by atomic mass is 9.83. The third kappa shape index (κ3) is 3.28. The van der Waals surface area contributed by atoms with Crippen molar-refractivity contribution in [3.05, 3.63) is 76.2 Å². The highest BCUT2D eigenvalue weighted by Gasteiger charge is 2.36. The highest BCUT2D eigenvalue weighted by molar-refractivity contribution is 5.93. The van der Waals surface area contributed by atoms with Crippen LogP contribution in [0.1, 0.15) is 34.0 Å². The fourth-order valence-electron chi connectivity index (χ4n) is 4.69. The quantitative estimate of drug-likeness (QED) is 0.661. The average Bonchev–Trinajstić information content (AvgIpc) is 3.27. The van der Waals surface area contributed by atoms with Gasteiger partial charge in [-0.1, -0.05) is 0 Å². The van der Waals surface area contributed by atoms with Gasteiger partial charge in [-0.2, -0.15) is 5.10 Å². The Balaban J connectivity index is 1.41. The van der Waals surface area contributed by atoms with Gasteiger partial charge in [0.15, 0.2) is 5.82 Å². The second-order valence-electron chi connectivity index (χ2n) is 8.17. The molecule has 0 radical (unpaired) electrons. The van der Waals surface area contributed by atoms with Gasteiger partial charge in [0.1, 0.15) is 5.56 Å². The van der Waals surface area contributed by atoms with Crippen molar-refractivity contribution < 1.29 is 9.21 Å². The number of amides is 1. The number of rotatable bonds is 4. The largest absolute Gasteiger partial charge is 0.472 e. The van der Waals surface area contributed by atoms with Crippen molar-refractivity contribution in [2.45, 2.75) is 25.4 Å². The van der Waals surface area contributed by atoms with Crippen LogP contribution in [0.2, 0.25) is 0 Å². The van der Waals surface area contributed by atoms with Crippen LogP contribution in [-0.2, 0) is 13.1 Å². The van der Waals surface area contributed by atoms with Gasteiger partial charge >= 0.3 is 0 Å². The predicted octanol–water partition coefficient (Wildman–Crippen LogP) is 2.13. The molecule has 0 saturated carbocycles. The minimum Gasteiger partial charge on any atom is -0.472 e. The van der Waals surface area contributed by atoms with E-state index in [4.69, 9.17) is 4.42 Å². The monoisotopic (exact) mass is 405 g/mol. The molecule has 1 saturated heterocycles. The van der Waals surface area contributed by atoms with Crippen LogP contribution in [0.15, 0.2) is 58.3 Å². The molecule has 3 aromatic heterocycles. The van der Waals surface area contributed by atoms with E-state index in [0.29, 0.717) is 19.0 Å². The van der Waals surface area contributed by atoms with Crippen molar-refractivity contribution >= 4 is 11.7 Å². The number of nitrogens with zero attached hydrogens (tertiary/aromatic N) is 5. The minimum absolute atomic E-state index is 0.195. The Labute approximate surface area is 173 Å². The molecule has 2 aliphatic rings. The number of carbonyl (C=O) groups is 1. The van der Waals surface area contributed by atoms with Crippen molar-refractivity contribution in [2.75, 3.05) is 25.0 Å². The van der Waals surface area contributed by atoms with Gasteiger partial charge in [0, 0.05) is 56.6 Å². The number of carbonyl (C=O) groups excluding carboxylic acids is 1. The van der Waals surface area contributed by atoms with E-state index in [1.165, 1.54) is 0 Å². The highest BCUT2D eigenvalue weighted by Crippen LogP contribution is 2.36. The van der Waals surface area contributed by atoms with Crippen LogP contribution in [0.4, 0.5) is 5.82 Å². The molecule has 1 fully saturated rings. The highest BCUT2D eigenvalue weighted by atomic mass is 16.3. The van der Waals surface area contributed by atoms with Crippen molar-refractivity contribution in [3.63, 3.8) is 0 Å². The Bertz CT molecular complexity index is 1110. The third-order valence-corrected chi connectivity index (χ3v) is 6.06. The molecule has 0 spiro atoms. The Hall–Kier alpha value is -3.42. The Kier molecular flexibility index (Phi) is 4.61. The molecule has 8 heteroatoms. The summed E-state index contributed by atoms with van der Waals surface area (Å²) in [6, 6.07) is 9.31. The molecule has 0 aromatic carbocycles. The maximum atomic E-state index is 13.2. The zero-order valence-corrected chi connectivity index (χ0v) is 16.8. The first-order valence-electron chi connectivity index (χ1n) is 10.1. The molecular formula is C22H23N5O3. The predicted molar refractivity (Wildman–Crippen MR) is 110 cm³/mol. The van der Waals surface area contributed by atoms with Crippen LogP contribution in [0.5, 0.6) is 0 Å². The molecule has 5 rings (SSSR count). The SMILES string of the molecule is CN(Cc1ccoc1)C(=O)c1ccc2n(c1=O)C[C@H]1C[C@@H]2CN(c2cccnn2)C1. The van der Waals surface area contributed by atoms with E-state index < -0.39 is 0 Å². The Morgan fingerprint density at radius 2 is 2.13 bits per heavy atom. The van der Waals surface area contributed by atoms with Crippen LogP contribution >= 0.6 is 0 Å². The van der Waals surface area contributed by atoms with E-state index in [2.05, 4.69) is 15.1 Å². The van der Waals surface area contributed by atoms with E-state index in [1.54, 1.807) is 36.7 Å². The molecule has 2 aliphatic heterocycles. The van der Waals surface area contributed by atoms with E-state index in [0.717, 1.165) is 36.6 Å². The smallest absolute Gasteiger partial charge is 0.263 e. The molecule has 154 valence electrons. The maximum absolute atomic E-state index is 13.2. The van der Waals surface area contributed by atoms with Crippen molar-refractivity contribution in [3.8, 4) is 0 Å². The molecule has 0 N–H and O–H groups in total. The lowest BCUT2D eigenvalue weighted by molar-refractivity contribution is 0.0781. The number of aromatic nitrogens is 3. The average molecular weight is 405 g/mol.